The van der Waals surface area contributed by atoms with Crippen LogP contribution in [0.4, 0.5) is 0 Å². The van der Waals surface area contributed by atoms with Gasteiger partial charge >= 0.3 is 5.97 Å². The second kappa shape index (κ2) is 2.81. The molecule has 2 aliphatic rings. The number of hydrogen-bond donors (Lipinski definition) is 1. The van der Waals surface area contributed by atoms with Crippen LogP contribution in [0.5, 0.6) is 0 Å². The maximum atomic E-state index is 11.6. The molecule has 0 heterocycles. The highest BCUT2D eigenvalue weighted by Gasteiger charge is 2.84. The van der Waals surface area contributed by atoms with Crippen molar-refractivity contribution < 1.29 is 14.7 Å². The highest BCUT2D eigenvalue weighted by atomic mass is 16.4. The Morgan fingerprint density at radius 1 is 1.36 bits per heavy atom. The van der Waals surface area contributed by atoms with Crippen LogP contribution in [-0.4, -0.2) is 16.9 Å². The lowest BCUT2D eigenvalue weighted by Crippen LogP contribution is -2.17. The minimum atomic E-state index is -0.869. The first-order valence-corrected chi connectivity index (χ1v) is 5.30. The highest BCUT2D eigenvalue weighted by Crippen LogP contribution is 2.85. The molecule has 0 aromatic heterocycles. The molecule has 0 aliphatic heterocycles. The van der Waals surface area contributed by atoms with Crippen LogP contribution in [0.25, 0.3) is 0 Å². The number of hydrogen-bond acceptors (Lipinski definition) is 2. The van der Waals surface area contributed by atoms with Gasteiger partial charge in [0.1, 0.15) is 5.78 Å². The molecule has 78 valence electrons. The minimum Gasteiger partial charge on any atom is -0.481 e. The van der Waals surface area contributed by atoms with Gasteiger partial charge in [-0.05, 0) is 23.7 Å². The van der Waals surface area contributed by atoms with Crippen LogP contribution in [0.2, 0.25) is 0 Å². The summed E-state index contributed by atoms with van der Waals surface area (Å²) in [5, 5.41) is 8.46. The van der Waals surface area contributed by atoms with Crippen molar-refractivity contribution in [3.8, 4) is 0 Å². The third kappa shape index (κ3) is 1.04. The summed E-state index contributed by atoms with van der Waals surface area (Å²) in [6.07, 6.45) is 1.30. The highest BCUT2D eigenvalue weighted by molar-refractivity contribution is 5.90. The van der Waals surface area contributed by atoms with Gasteiger partial charge < -0.3 is 5.11 Å². The molecule has 1 N–H and O–H groups in total. The van der Waals surface area contributed by atoms with Crippen LogP contribution in [0.3, 0.4) is 0 Å². The molecule has 3 heteroatoms. The number of carboxylic acid groups (broad SMARTS) is 1. The summed E-state index contributed by atoms with van der Waals surface area (Å²) in [5.41, 5.74) is 0.301. The van der Waals surface area contributed by atoms with Crippen LogP contribution < -0.4 is 0 Å². The zero-order valence-corrected chi connectivity index (χ0v) is 8.62. The number of ketones is 1. The smallest absolute Gasteiger partial charge is 0.303 e. The molecule has 0 aromatic rings. The van der Waals surface area contributed by atoms with Gasteiger partial charge in [-0.3, -0.25) is 9.59 Å². The molecule has 0 spiro atoms. The molecule has 2 fully saturated rings. The summed E-state index contributed by atoms with van der Waals surface area (Å²) in [6, 6.07) is 0. The van der Waals surface area contributed by atoms with Crippen molar-refractivity contribution in [1.29, 1.82) is 0 Å². The van der Waals surface area contributed by atoms with Gasteiger partial charge in [0.05, 0.1) is 6.42 Å². The van der Waals surface area contributed by atoms with E-state index >= 15 is 0 Å². The summed E-state index contributed by atoms with van der Waals surface area (Å²) in [4.78, 5) is 21.9. The average molecular weight is 196 g/mol. The monoisotopic (exact) mass is 196 g/mol. The molecular formula is C11H16O3. The molecule has 0 amide bonds. The predicted octanol–water partition coefficient (Wildman–Crippen LogP) is 1.71. The first kappa shape index (κ1) is 9.69. The van der Waals surface area contributed by atoms with Gasteiger partial charge in [0.2, 0.25) is 0 Å². The lowest BCUT2D eigenvalue weighted by Gasteiger charge is -2.13. The largest absolute Gasteiger partial charge is 0.481 e. The van der Waals surface area contributed by atoms with E-state index in [1.165, 1.54) is 0 Å². The van der Waals surface area contributed by atoms with E-state index in [4.69, 9.17) is 5.11 Å². The number of rotatable bonds is 5. The molecule has 3 nitrogen and oxygen atoms in total. The van der Waals surface area contributed by atoms with E-state index in [1.54, 1.807) is 0 Å². The maximum absolute atomic E-state index is 11.6. The van der Waals surface area contributed by atoms with Crippen molar-refractivity contribution in [2.75, 3.05) is 0 Å². The zero-order valence-electron chi connectivity index (χ0n) is 8.62. The van der Waals surface area contributed by atoms with Gasteiger partial charge in [-0.2, -0.15) is 0 Å². The summed E-state index contributed by atoms with van der Waals surface area (Å²) >= 11 is 0. The molecule has 0 radical (unpaired) electrons. The number of Topliss-reactive ketones (excluding diaryl/α,β-unsaturated/α-hetero) is 1. The number of aliphatic carboxylic acids is 1. The lowest BCUT2D eigenvalue weighted by molar-refractivity contribution is -0.139. The summed E-state index contributed by atoms with van der Waals surface area (Å²) < 4.78 is 0. The first-order valence-electron chi connectivity index (χ1n) is 5.30. The van der Waals surface area contributed by atoms with Gasteiger partial charge in [0, 0.05) is 12.3 Å². The SMILES string of the molecule is CCC12C(C)C1C2C(=O)CCC(=O)O. The Morgan fingerprint density at radius 3 is 2.36 bits per heavy atom. The van der Waals surface area contributed by atoms with E-state index in [1.807, 2.05) is 0 Å². The van der Waals surface area contributed by atoms with Crippen molar-refractivity contribution in [2.24, 2.45) is 23.2 Å². The second-order valence-corrected chi connectivity index (χ2v) is 4.62. The molecular weight excluding hydrogens is 180 g/mol. The second-order valence-electron chi connectivity index (χ2n) is 4.62. The van der Waals surface area contributed by atoms with E-state index in [-0.39, 0.29) is 24.5 Å². The molecule has 4 unspecified atom stereocenters. The third-order valence-electron chi connectivity index (χ3n) is 4.27. The van der Waals surface area contributed by atoms with Crippen molar-refractivity contribution in [1.82, 2.24) is 0 Å². The summed E-state index contributed by atoms with van der Waals surface area (Å²) in [6.45, 7) is 4.32. The van der Waals surface area contributed by atoms with Gasteiger partial charge in [0.15, 0.2) is 0 Å². The van der Waals surface area contributed by atoms with Gasteiger partial charge in [-0.15, -0.1) is 0 Å². The van der Waals surface area contributed by atoms with Gasteiger partial charge in [-0.1, -0.05) is 13.8 Å². The standard InChI is InChI=1S/C11H16O3/c1-3-11-6(2)9(11)10(11)7(12)4-5-8(13)14/h6,9-10H,3-5H2,1-2H3,(H,13,14). The summed E-state index contributed by atoms with van der Waals surface area (Å²) in [7, 11) is 0. The number of carboxylic acids is 1. The van der Waals surface area contributed by atoms with Crippen molar-refractivity contribution in [3.63, 3.8) is 0 Å². The van der Waals surface area contributed by atoms with Crippen LogP contribution >= 0.6 is 0 Å². The fourth-order valence-corrected chi connectivity index (χ4v) is 3.30. The van der Waals surface area contributed by atoms with Crippen LogP contribution in [0.15, 0.2) is 0 Å². The Kier molecular flexibility index (Phi) is 1.95. The van der Waals surface area contributed by atoms with Crippen LogP contribution in [-0.2, 0) is 9.59 Å². The normalized spacial score (nSPS) is 42.9. The lowest BCUT2D eigenvalue weighted by atomic mass is 9.90. The molecule has 0 saturated heterocycles. The van der Waals surface area contributed by atoms with E-state index < -0.39 is 5.97 Å². The Morgan fingerprint density at radius 2 is 2.00 bits per heavy atom. The zero-order chi connectivity index (χ0) is 10.5. The average Bonchev–Trinajstić information content (AvgIpc) is 2.98. The Labute approximate surface area is 83.5 Å². The Bertz CT molecular complexity index is 297. The van der Waals surface area contributed by atoms with E-state index in [0.29, 0.717) is 17.3 Å². The van der Waals surface area contributed by atoms with Gasteiger partial charge in [-0.25, -0.2) is 0 Å². The molecule has 4 atom stereocenters. The molecule has 2 saturated carbocycles. The maximum Gasteiger partial charge on any atom is 0.303 e. The van der Waals surface area contributed by atoms with Crippen LogP contribution in [0, 0.1) is 23.2 Å². The fraction of sp³-hybridized carbons (Fsp3) is 0.818. The van der Waals surface area contributed by atoms with Crippen molar-refractivity contribution >= 4 is 11.8 Å². The van der Waals surface area contributed by atoms with Crippen molar-refractivity contribution in [2.45, 2.75) is 33.1 Å². The Hall–Kier alpha value is -0.860. The summed E-state index contributed by atoms with van der Waals surface area (Å²) in [5.74, 6) is 0.811. The van der Waals surface area contributed by atoms with Crippen molar-refractivity contribution in [3.05, 3.63) is 0 Å². The van der Waals surface area contributed by atoms with E-state index in [0.717, 1.165) is 6.42 Å². The fourth-order valence-electron chi connectivity index (χ4n) is 3.30. The topological polar surface area (TPSA) is 54.4 Å². The molecule has 0 aromatic carbocycles. The minimum absolute atomic E-state index is 0.00374. The number of carbonyl (C=O) groups is 2. The quantitative estimate of drug-likeness (QED) is 0.728. The van der Waals surface area contributed by atoms with E-state index in [2.05, 4.69) is 13.8 Å². The molecule has 0 bridgehead atoms. The number of carbonyl (C=O) groups excluding carboxylic acids is 1. The van der Waals surface area contributed by atoms with Gasteiger partial charge in [0.25, 0.3) is 0 Å². The molecule has 14 heavy (non-hydrogen) atoms. The Balaban J connectivity index is 1.83. The molecule has 2 rings (SSSR count). The predicted molar refractivity (Wildman–Crippen MR) is 50.7 cm³/mol. The van der Waals surface area contributed by atoms with Crippen LogP contribution in [0.1, 0.15) is 33.1 Å². The van der Waals surface area contributed by atoms with E-state index in [9.17, 15) is 9.59 Å². The third-order valence-corrected chi connectivity index (χ3v) is 4.27. The molecule has 2 aliphatic carbocycles. The number of fused-ring (bicyclic) bond motifs is 1. The first-order chi connectivity index (χ1) is 6.55.